The van der Waals surface area contributed by atoms with Crippen LogP contribution in [0.25, 0.3) is 11.0 Å². The molecule has 0 bridgehead atoms. The Morgan fingerprint density at radius 1 is 1.12 bits per heavy atom. The second-order valence-corrected chi connectivity index (χ2v) is 7.24. The predicted molar refractivity (Wildman–Crippen MR) is 97.3 cm³/mol. The first-order valence-electron chi connectivity index (χ1n) is 7.89. The Morgan fingerprint density at radius 3 is 2.50 bits per heavy atom. The van der Waals surface area contributed by atoms with Gasteiger partial charge in [0, 0.05) is 22.1 Å². The fraction of sp³-hybridized carbons (Fsp3) is 0.250. The average molecular weight is 342 g/mol. The van der Waals surface area contributed by atoms with Gasteiger partial charge in [0.2, 0.25) is 0 Å². The fourth-order valence-electron chi connectivity index (χ4n) is 2.82. The first-order chi connectivity index (χ1) is 11.4. The van der Waals surface area contributed by atoms with E-state index in [1.54, 1.807) is 30.0 Å². The first kappa shape index (κ1) is 16.8. The molecular formula is C20H19FO2S. The van der Waals surface area contributed by atoms with Gasteiger partial charge in [-0.05, 0) is 65.9 Å². The van der Waals surface area contributed by atoms with Gasteiger partial charge in [0.1, 0.15) is 11.4 Å². The van der Waals surface area contributed by atoms with Crippen molar-refractivity contribution in [3.05, 3.63) is 75.4 Å². The van der Waals surface area contributed by atoms with Gasteiger partial charge in [-0.2, -0.15) is 0 Å². The molecule has 1 heterocycles. The van der Waals surface area contributed by atoms with Crippen LogP contribution in [0, 0.1) is 12.7 Å². The summed E-state index contributed by atoms with van der Waals surface area (Å²) in [6.07, 6.45) is 0. The maximum Gasteiger partial charge on any atom is 0.336 e. The van der Waals surface area contributed by atoms with Crippen molar-refractivity contribution >= 4 is 22.7 Å². The van der Waals surface area contributed by atoms with Crippen molar-refractivity contribution in [3.8, 4) is 0 Å². The van der Waals surface area contributed by atoms with Gasteiger partial charge in [0.05, 0.1) is 0 Å². The number of hydrogen-bond acceptors (Lipinski definition) is 3. The lowest BCUT2D eigenvalue weighted by Crippen LogP contribution is -2.02. The SMILES string of the molecule is Cc1cc2oc(=O)cc(CSc3ccc(F)cc3)c2cc1C(C)C. The van der Waals surface area contributed by atoms with Gasteiger partial charge in [0.15, 0.2) is 0 Å². The van der Waals surface area contributed by atoms with Crippen molar-refractivity contribution < 1.29 is 8.81 Å². The summed E-state index contributed by atoms with van der Waals surface area (Å²) in [5.41, 5.74) is 3.61. The van der Waals surface area contributed by atoms with Gasteiger partial charge in [0.25, 0.3) is 0 Å². The van der Waals surface area contributed by atoms with Crippen LogP contribution in [0.3, 0.4) is 0 Å². The van der Waals surface area contributed by atoms with Crippen LogP contribution in [0.1, 0.15) is 36.5 Å². The number of rotatable bonds is 4. The van der Waals surface area contributed by atoms with Crippen molar-refractivity contribution in [3.63, 3.8) is 0 Å². The number of benzene rings is 2. The van der Waals surface area contributed by atoms with Crippen molar-refractivity contribution in [1.82, 2.24) is 0 Å². The maximum absolute atomic E-state index is 13.0. The highest BCUT2D eigenvalue weighted by Gasteiger charge is 2.11. The molecule has 124 valence electrons. The molecule has 3 aromatic rings. The molecule has 1 aromatic heterocycles. The summed E-state index contributed by atoms with van der Waals surface area (Å²) >= 11 is 1.58. The molecule has 0 saturated carbocycles. The number of thioether (sulfide) groups is 1. The Morgan fingerprint density at radius 2 is 1.83 bits per heavy atom. The molecule has 0 aliphatic rings. The van der Waals surface area contributed by atoms with Gasteiger partial charge < -0.3 is 4.42 Å². The van der Waals surface area contributed by atoms with Gasteiger partial charge in [-0.15, -0.1) is 11.8 Å². The number of aryl methyl sites for hydroxylation is 1. The summed E-state index contributed by atoms with van der Waals surface area (Å²) < 4.78 is 18.4. The van der Waals surface area contributed by atoms with E-state index < -0.39 is 0 Å². The third-order valence-corrected chi connectivity index (χ3v) is 5.11. The highest BCUT2D eigenvalue weighted by atomic mass is 32.2. The Bertz CT molecular complexity index is 927. The van der Waals surface area contributed by atoms with Crippen LogP contribution in [0.2, 0.25) is 0 Å². The molecule has 2 aromatic carbocycles. The lowest BCUT2D eigenvalue weighted by atomic mass is 9.95. The second kappa shape index (κ2) is 6.81. The second-order valence-electron chi connectivity index (χ2n) is 6.19. The quantitative estimate of drug-likeness (QED) is 0.453. The van der Waals surface area contributed by atoms with E-state index in [0.717, 1.165) is 21.4 Å². The van der Waals surface area contributed by atoms with E-state index in [0.29, 0.717) is 17.3 Å². The number of hydrogen-bond donors (Lipinski definition) is 0. The molecule has 24 heavy (non-hydrogen) atoms. The molecule has 0 fully saturated rings. The van der Waals surface area contributed by atoms with E-state index in [4.69, 9.17) is 4.42 Å². The van der Waals surface area contributed by atoms with Gasteiger partial charge in [-0.25, -0.2) is 9.18 Å². The Hall–Kier alpha value is -2.07. The van der Waals surface area contributed by atoms with Crippen LogP contribution >= 0.6 is 11.8 Å². The summed E-state index contributed by atoms with van der Waals surface area (Å²) in [5.74, 6) is 0.787. The smallest absolute Gasteiger partial charge is 0.336 e. The summed E-state index contributed by atoms with van der Waals surface area (Å²) in [4.78, 5) is 12.8. The Kier molecular flexibility index (Phi) is 4.76. The molecule has 4 heteroatoms. The molecule has 0 N–H and O–H groups in total. The standard InChI is InChI=1S/C20H19FO2S/c1-12(2)17-10-18-14(9-20(22)23-19(18)8-13(17)3)11-24-16-6-4-15(21)5-7-16/h4-10,12H,11H2,1-3H3. The molecule has 0 unspecified atom stereocenters. The normalized spacial score (nSPS) is 11.4. The summed E-state index contributed by atoms with van der Waals surface area (Å²) in [6.45, 7) is 6.34. The monoisotopic (exact) mass is 342 g/mol. The number of halogens is 1. The molecule has 0 aliphatic carbocycles. The highest BCUT2D eigenvalue weighted by molar-refractivity contribution is 7.98. The molecule has 0 atom stereocenters. The van der Waals surface area contributed by atoms with Gasteiger partial charge in [-0.1, -0.05) is 13.8 Å². The molecule has 3 rings (SSSR count). The van der Waals surface area contributed by atoms with Crippen LogP contribution in [0.4, 0.5) is 4.39 Å². The van der Waals surface area contributed by atoms with Crippen LogP contribution in [0.15, 0.2) is 56.6 Å². The van der Waals surface area contributed by atoms with E-state index in [2.05, 4.69) is 19.9 Å². The van der Waals surface area contributed by atoms with E-state index in [-0.39, 0.29) is 11.4 Å². The summed E-state index contributed by atoms with van der Waals surface area (Å²) in [6, 6.07) is 12.0. The first-order valence-corrected chi connectivity index (χ1v) is 8.88. The minimum absolute atomic E-state index is 0.248. The van der Waals surface area contributed by atoms with Crippen LogP contribution in [-0.2, 0) is 5.75 Å². The van der Waals surface area contributed by atoms with Crippen LogP contribution in [0.5, 0.6) is 0 Å². The van der Waals surface area contributed by atoms with Gasteiger partial charge >= 0.3 is 5.63 Å². The van der Waals surface area contributed by atoms with E-state index in [1.807, 2.05) is 13.0 Å². The minimum Gasteiger partial charge on any atom is -0.423 e. The third kappa shape index (κ3) is 3.54. The molecule has 0 amide bonds. The van der Waals surface area contributed by atoms with E-state index in [1.165, 1.54) is 17.7 Å². The molecule has 0 aliphatic heterocycles. The van der Waals surface area contributed by atoms with Crippen molar-refractivity contribution in [2.45, 2.75) is 37.3 Å². The van der Waals surface area contributed by atoms with E-state index >= 15 is 0 Å². The Labute approximate surface area is 144 Å². The summed E-state index contributed by atoms with van der Waals surface area (Å²) in [7, 11) is 0. The van der Waals surface area contributed by atoms with E-state index in [9.17, 15) is 9.18 Å². The highest BCUT2D eigenvalue weighted by Crippen LogP contribution is 2.30. The minimum atomic E-state index is -0.339. The third-order valence-electron chi connectivity index (χ3n) is 4.05. The zero-order valence-corrected chi connectivity index (χ0v) is 14.7. The zero-order chi connectivity index (χ0) is 17.3. The van der Waals surface area contributed by atoms with Crippen molar-refractivity contribution in [2.75, 3.05) is 0 Å². The fourth-order valence-corrected chi connectivity index (χ4v) is 3.71. The van der Waals surface area contributed by atoms with Crippen LogP contribution in [-0.4, -0.2) is 0 Å². The van der Waals surface area contributed by atoms with Crippen molar-refractivity contribution in [1.29, 1.82) is 0 Å². The lowest BCUT2D eigenvalue weighted by molar-refractivity contribution is 0.559. The zero-order valence-electron chi connectivity index (χ0n) is 13.9. The largest absolute Gasteiger partial charge is 0.423 e. The van der Waals surface area contributed by atoms with Crippen molar-refractivity contribution in [2.24, 2.45) is 0 Å². The lowest BCUT2D eigenvalue weighted by Gasteiger charge is -2.13. The predicted octanol–water partition coefficient (Wildman–Crippen LogP) is 5.66. The molecule has 0 spiro atoms. The topological polar surface area (TPSA) is 30.2 Å². The summed E-state index contributed by atoms with van der Waals surface area (Å²) in [5, 5.41) is 0.971. The Balaban J connectivity index is 2.01. The van der Waals surface area contributed by atoms with Crippen LogP contribution < -0.4 is 5.63 Å². The maximum atomic E-state index is 13.0. The molecular weight excluding hydrogens is 323 g/mol. The molecule has 2 nitrogen and oxygen atoms in total. The van der Waals surface area contributed by atoms with Gasteiger partial charge in [-0.3, -0.25) is 0 Å². The molecule has 0 saturated heterocycles. The average Bonchev–Trinajstić information content (AvgIpc) is 2.53. The number of fused-ring (bicyclic) bond motifs is 1. The molecule has 0 radical (unpaired) electrons.